The highest BCUT2D eigenvalue weighted by Gasteiger charge is 2.29. The molecule has 1 aliphatic heterocycles. The monoisotopic (exact) mass is 474 g/mol. The average molecular weight is 475 g/mol. The van der Waals surface area contributed by atoms with Crippen molar-refractivity contribution >= 4 is 40.8 Å². The van der Waals surface area contributed by atoms with Gasteiger partial charge in [-0.2, -0.15) is 5.10 Å². The summed E-state index contributed by atoms with van der Waals surface area (Å²) in [6, 6.07) is 12.4. The molecule has 0 aliphatic carbocycles. The van der Waals surface area contributed by atoms with Crippen LogP contribution in [0.2, 0.25) is 10.0 Å². The van der Waals surface area contributed by atoms with Gasteiger partial charge >= 0.3 is 0 Å². The van der Waals surface area contributed by atoms with Crippen molar-refractivity contribution in [1.82, 2.24) is 14.7 Å². The number of benzene rings is 2. The predicted molar refractivity (Wildman–Crippen MR) is 121 cm³/mol. The lowest BCUT2D eigenvalue weighted by atomic mass is 9.96. The number of amides is 2. The summed E-state index contributed by atoms with van der Waals surface area (Å²) < 4.78 is 14.8. The Morgan fingerprint density at radius 1 is 1.09 bits per heavy atom. The molecule has 1 fully saturated rings. The molecule has 2 heterocycles. The molecule has 6 nitrogen and oxygen atoms in total. The number of rotatable bonds is 5. The number of likely N-dealkylation sites (tertiary alicyclic amines) is 1. The lowest BCUT2D eigenvalue weighted by Crippen LogP contribution is -2.43. The van der Waals surface area contributed by atoms with Crippen LogP contribution in [-0.4, -0.2) is 39.6 Å². The molecule has 1 saturated heterocycles. The van der Waals surface area contributed by atoms with Crippen LogP contribution in [0, 0.1) is 11.7 Å². The van der Waals surface area contributed by atoms with E-state index >= 15 is 0 Å². The molecule has 0 unspecified atom stereocenters. The number of nitrogens with zero attached hydrogens (tertiary/aromatic N) is 3. The molecule has 4 rings (SSSR count). The molecular weight excluding hydrogens is 454 g/mol. The molecule has 32 heavy (non-hydrogen) atoms. The number of anilines is 1. The predicted octanol–water partition coefficient (Wildman–Crippen LogP) is 4.87. The molecule has 2 amide bonds. The second kappa shape index (κ2) is 9.71. The van der Waals surface area contributed by atoms with Gasteiger partial charge in [0.1, 0.15) is 11.6 Å². The summed E-state index contributed by atoms with van der Waals surface area (Å²) in [6.07, 6.45) is 2.97. The molecule has 0 bridgehead atoms. The molecule has 0 radical (unpaired) electrons. The number of hydrogen-bond donors (Lipinski definition) is 1. The Morgan fingerprint density at radius 2 is 1.81 bits per heavy atom. The molecule has 1 N–H and O–H groups in total. The maximum Gasteiger partial charge on any atom is 0.253 e. The standard InChI is InChI=1S/C23H21Cl2FN4O2/c24-19-4-1-5-20(25)18(19)14-30-21(10-11-27-30)28-22(31)16-3-2-12-29(13-16)23(32)15-6-8-17(26)9-7-15/h1,4-11,16H,2-3,12-14H2,(H,28,31)/t16-/m0/s1. The van der Waals surface area contributed by atoms with Gasteiger partial charge in [0.25, 0.3) is 5.91 Å². The normalized spacial score (nSPS) is 16.1. The number of hydrogen-bond acceptors (Lipinski definition) is 3. The minimum Gasteiger partial charge on any atom is -0.338 e. The maximum absolute atomic E-state index is 13.2. The molecule has 0 saturated carbocycles. The van der Waals surface area contributed by atoms with Crippen molar-refractivity contribution in [2.24, 2.45) is 5.92 Å². The number of carbonyl (C=O) groups excluding carboxylic acids is 2. The second-order valence-corrected chi connectivity index (χ2v) is 8.48. The van der Waals surface area contributed by atoms with Gasteiger partial charge in [-0.3, -0.25) is 9.59 Å². The summed E-state index contributed by atoms with van der Waals surface area (Å²) in [6.45, 7) is 1.16. The van der Waals surface area contributed by atoms with Crippen molar-refractivity contribution in [3.8, 4) is 0 Å². The van der Waals surface area contributed by atoms with Gasteiger partial charge in [0, 0.05) is 40.3 Å². The average Bonchev–Trinajstić information content (AvgIpc) is 3.23. The van der Waals surface area contributed by atoms with E-state index in [0.717, 1.165) is 0 Å². The van der Waals surface area contributed by atoms with E-state index in [-0.39, 0.29) is 17.7 Å². The van der Waals surface area contributed by atoms with E-state index in [1.165, 1.54) is 24.3 Å². The molecule has 166 valence electrons. The Bertz CT molecular complexity index is 1110. The maximum atomic E-state index is 13.2. The zero-order chi connectivity index (χ0) is 22.7. The number of halogens is 3. The van der Waals surface area contributed by atoms with Crippen LogP contribution in [-0.2, 0) is 11.3 Å². The third-order valence-corrected chi connectivity index (χ3v) is 6.22. The second-order valence-electron chi connectivity index (χ2n) is 7.66. The van der Waals surface area contributed by atoms with Crippen LogP contribution in [0.4, 0.5) is 10.2 Å². The first-order valence-electron chi connectivity index (χ1n) is 10.2. The highest BCUT2D eigenvalue weighted by Crippen LogP contribution is 2.26. The minimum atomic E-state index is -0.396. The minimum absolute atomic E-state index is 0.186. The Hall–Kier alpha value is -2.90. The van der Waals surface area contributed by atoms with Crippen molar-refractivity contribution in [2.45, 2.75) is 19.4 Å². The number of piperidine rings is 1. The van der Waals surface area contributed by atoms with E-state index < -0.39 is 5.82 Å². The van der Waals surface area contributed by atoms with E-state index in [1.54, 1.807) is 40.0 Å². The largest absolute Gasteiger partial charge is 0.338 e. The molecule has 0 spiro atoms. The molecular formula is C23H21Cl2FN4O2. The topological polar surface area (TPSA) is 67.2 Å². The van der Waals surface area contributed by atoms with Crippen molar-refractivity contribution in [3.05, 3.63) is 81.7 Å². The van der Waals surface area contributed by atoms with E-state index in [1.807, 2.05) is 0 Å². The van der Waals surface area contributed by atoms with Gasteiger partial charge in [0.05, 0.1) is 18.7 Å². The summed E-state index contributed by atoms with van der Waals surface area (Å²) in [7, 11) is 0. The summed E-state index contributed by atoms with van der Waals surface area (Å²) >= 11 is 12.5. The van der Waals surface area contributed by atoms with Crippen LogP contribution in [0.5, 0.6) is 0 Å². The van der Waals surface area contributed by atoms with E-state index in [0.29, 0.717) is 59.5 Å². The van der Waals surface area contributed by atoms with Gasteiger partial charge in [0.2, 0.25) is 5.91 Å². The first-order chi connectivity index (χ1) is 15.4. The van der Waals surface area contributed by atoms with Crippen molar-refractivity contribution in [2.75, 3.05) is 18.4 Å². The molecule has 1 aliphatic rings. The number of aromatic nitrogens is 2. The Balaban J connectivity index is 1.43. The summed E-state index contributed by atoms with van der Waals surface area (Å²) in [5, 5.41) is 8.23. The van der Waals surface area contributed by atoms with Gasteiger partial charge in [-0.15, -0.1) is 0 Å². The number of carbonyl (C=O) groups is 2. The van der Waals surface area contributed by atoms with Crippen LogP contribution >= 0.6 is 23.2 Å². The highest BCUT2D eigenvalue weighted by molar-refractivity contribution is 6.36. The lowest BCUT2D eigenvalue weighted by Gasteiger charge is -2.32. The number of nitrogens with one attached hydrogen (secondary N) is 1. The van der Waals surface area contributed by atoms with Gasteiger partial charge in [-0.25, -0.2) is 9.07 Å². The fourth-order valence-corrected chi connectivity index (χ4v) is 4.29. The van der Waals surface area contributed by atoms with Gasteiger partial charge in [0.15, 0.2) is 0 Å². The fraction of sp³-hybridized carbons (Fsp3) is 0.261. The van der Waals surface area contributed by atoms with Crippen molar-refractivity contribution < 1.29 is 14.0 Å². The zero-order valence-electron chi connectivity index (χ0n) is 17.1. The fourth-order valence-electron chi connectivity index (χ4n) is 3.78. The molecule has 9 heteroatoms. The van der Waals surface area contributed by atoms with Crippen molar-refractivity contribution in [3.63, 3.8) is 0 Å². The Morgan fingerprint density at radius 3 is 2.53 bits per heavy atom. The van der Waals surface area contributed by atoms with E-state index in [2.05, 4.69) is 10.4 Å². The smallest absolute Gasteiger partial charge is 0.253 e. The first-order valence-corrected chi connectivity index (χ1v) is 11.0. The van der Waals surface area contributed by atoms with Crippen LogP contribution in [0.25, 0.3) is 0 Å². The third-order valence-electron chi connectivity index (χ3n) is 5.51. The summed E-state index contributed by atoms with van der Waals surface area (Å²) in [5.74, 6) is -0.630. The van der Waals surface area contributed by atoms with Crippen LogP contribution in [0.1, 0.15) is 28.8 Å². The van der Waals surface area contributed by atoms with E-state index in [4.69, 9.17) is 23.2 Å². The highest BCUT2D eigenvalue weighted by atomic mass is 35.5. The van der Waals surface area contributed by atoms with Crippen LogP contribution < -0.4 is 5.32 Å². The van der Waals surface area contributed by atoms with Gasteiger partial charge < -0.3 is 10.2 Å². The zero-order valence-corrected chi connectivity index (χ0v) is 18.6. The van der Waals surface area contributed by atoms with Gasteiger partial charge in [-0.05, 0) is 49.2 Å². The van der Waals surface area contributed by atoms with E-state index in [9.17, 15) is 14.0 Å². The molecule has 1 atom stereocenters. The third kappa shape index (κ3) is 4.95. The molecule has 3 aromatic rings. The Kier molecular flexibility index (Phi) is 6.77. The van der Waals surface area contributed by atoms with Crippen LogP contribution in [0.3, 0.4) is 0 Å². The van der Waals surface area contributed by atoms with Crippen LogP contribution in [0.15, 0.2) is 54.7 Å². The lowest BCUT2D eigenvalue weighted by molar-refractivity contribution is -0.121. The van der Waals surface area contributed by atoms with Crippen molar-refractivity contribution in [1.29, 1.82) is 0 Å². The molecule has 2 aromatic carbocycles. The first kappa shape index (κ1) is 22.3. The summed E-state index contributed by atoms with van der Waals surface area (Å²) in [4.78, 5) is 27.4. The quantitative estimate of drug-likeness (QED) is 0.573. The van der Waals surface area contributed by atoms with Gasteiger partial charge in [-0.1, -0.05) is 29.3 Å². The molecule has 1 aromatic heterocycles. The Labute approximate surface area is 194 Å². The summed E-state index contributed by atoms with van der Waals surface area (Å²) in [5.41, 5.74) is 1.12. The SMILES string of the molecule is O=C(Nc1ccnn1Cc1c(Cl)cccc1Cl)[C@H]1CCCN(C(=O)c2ccc(F)cc2)C1.